The van der Waals surface area contributed by atoms with Gasteiger partial charge in [0.05, 0.1) is 0 Å². The molecule has 6 nitrogen and oxygen atoms in total. The van der Waals surface area contributed by atoms with Gasteiger partial charge in [0.15, 0.2) is 0 Å². The van der Waals surface area contributed by atoms with Crippen molar-refractivity contribution in [1.82, 2.24) is 4.23 Å². The summed E-state index contributed by atoms with van der Waals surface area (Å²) in [5, 5.41) is 7.66. The van der Waals surface area contributed by atoms with E-state index in [0.717, 1.165) is 4.23 Å². The van der Waals surface area contributed by atoms with E-state index in [1.807, 2.05) is 0 Å². The fourth-order valence-corrected chi connectivity index (χ4v) is 0.647. The predicted molar refractivity (Wildman–Crippen MR) is 22.0 cm³/mol. The Kier molecular flexibility index (Phi) is 2.09. The Balaban J connectivity index is 3.74. The zero-order chi connectivity index (χ0) is 6.78. The zero-order valence-corrected chi connectivity index (χ0v) is 5.48. The number of carboxylic acid groups (broad SMARTS) is 1. The van der Waals surface area contributed by atoms with Gasteiger partial charge < -0.3 is 0 Å². The van der Waals surface area contributed by atoms with Crippen LogP contribution in [0.4, 0.5) is 4.79 Å². The van der Waals surface area contributed by atoms with Gasteiger partial charge in [-0.1, -0.05) is 0 Å². The number of rotatable bonds is 1. The van der Waals surface area contributed by atoms with Crippen molar-refractivity contribution in [3.8, 4) is 0 Å². The van der Waals surface area contributed by atoms with Gasteiger partial charge in [-0.05, 0) is 0 Å². The fraction of sp³-hybridized carbons (Fsp3) is 0. The van der Waals surface area contributed by atoms with Crippen LogP contribution in [0.15, 0.2) is 0 Å². The second-order valence-electron chi connectivity index (χ2n) is 0.961. The van der Waals surface area contributed by atoms with Crippen LogP contribution in [0.25, 0.3) is 0 Å². The molecule has 0 fully saturated rings. The number of nitrogens with one attached hydrogen (secondary N) is 1. The van der Waals surface area contributed by atoms with Gasteiger partial charge >= 0.3 is 46.6 Å². The van der Waals surface area contributed by atoms with E-state index >= 15 is 0 Å². The maximum absolute atomic E-state index is 9.70. The molecule has 0 spiro atoms. The summed E-state index contributed by atoms with van der Waals surface area (Å²) in [6.45, 7) is 0. The first kappa shape index (κ1) is 7.55. The topological polar surface area (TPSA) is 107 Å². The van der Waals surface area contributed by atoms with Crippen LogP contribution >= 0.6 is 0 Å². The third-order valence-corrected chi connectivity index (χ3v) is 1.25. The summed E-state index contributed by atoms with van der Waals surface area (Å²) in [5.74, 6) is 0. The SMILES string of the molecule is O=C(O)N[As](=O)(O)O. The second kappa shape index (κ2) is 2.21. The van der Waals surface area contributed by atoms with Crippen LogP contribution in [0.1, 0.15) is 0 Å². The summed E-state index contributed by atoms with van der Waals surface area (Å²) in [6.07, 6.45) is -1.71. The number of amides is 1. The van der Waals surface area contributed by atoms with Gasteiger partial charge in [0.1, 0.15) is 0 Å². The average molecular weight is 185 g/mol. The summed E-state index contributed by atoms with van der Waals surface area (Å²) in [7, 11) is 0. The average Bonchev–Trinajstić information content (AvgIpc) is 1.21. The molecule has 0 saturated carbocycles. The second-order valence-corrected chi connectivity index (χ2v) is 3.71. The zero-order valence-electron chi connectivity index (χ0n) is 3.61. The molecule has 4 N–H and O–H groups in total. The van der Waals surface area contributed by atoms with Crippen molar-refractivity contribution < 1.29 is 21.8 Å². The van der Waals surface area contributed by atoms with Crippen LogP contribution < -0.4 is 4.23 Å². The van der Waals surface area contributed by atoms with Crippen molar-refractivity contribution >= 4 is 20.5 Å². The normalized spacial score (nSPS) is 10.8. The van der Waals surface area contributed by atoms with Crippen LogP contribution in [0.3, 0.4) is 0 Å². The van der Waals surface area contributed by atoms with Crippen LogP contribution in [-0.2, 0) is 3.74 Å². The summed E-state index contributed by atoms with van der Waals surface area (Å²) in [6, 6.07) is 0. The van der Waals surface area contributed by atoms with Gasteiger partial charge in [-0.2, -0.15) is 0 Å². The molecule has 0 saturated heterocycles. The molecule has 8 heavy (non-hydrogen) atoms. The molecule has 0 unspecified atom stereocenters. The molecule has 0 aromatic rings. The van der Waals surface area contributed by atoms with Gasteiger partial charge in [0, 0.05) is 0 Å². The van der Waals surface area contributed by atoms with Crippen LogP contribution in [-0.4, -0.2) is 33.8 Å². The van der Waals surface area contributed by atoms with Gasteiger partial charge in [-0.3, -0.25) is 0 Å². The standard InChI is InChI=1S/CH4AsNO5/c4-1(5)3-2(6,7)8/h(H,4,5)(H3,3,6,7,8). The van der Waals surface area contributed by atoms with E-state index in [9.17, 15) is 8.53 Å². The Labute approximate surface area is 47.4 Å². The number of hydrogen-bond donors (Lipinski definition) is 4. The van der Waals surface area contributed by atoms with Crippen molar-refractivity contribution in [1.29, 1.82) is 0 Å². The molecule has 0 aliphatic heterocycles. The first-order chi connectivity index (χ1) is 3.42. The van der Waals surface area contributed by atoms with Gasteiger partial charge in [-0.15, -0.1) is 0 Å². The van der Waals surface area contributed by atoms with E-state index in [2.05, 4.69) is 0 Å². The molecule has 0 radical (unpaired) electrons. The molecule has 0 bridgehead atoms. The van der Waals surface area contributed by atoms with E-state index in [0.29, 0.717) is 0 Å². The van der Waals surface area contributed by atoms with Crippen molar-refractivity contribution in [3.05, 3.63) is 0 Å². The molecular formula is CH4AsNO5. The molecular weight excluding hydrogens is 181 g/mol. The predicted octanol–water partition coefficient (Wildman–Crippen LogP) is -1.90. The van der Waals surface area contributed by atoms with Crippen LogP contribution in [0.5, 0.6) is 0 Å². The summed E-state index contributed by atoms with van der Waals surface area (Å²) in [5.41, 5.74) is 0. The van der Waals surface area contributed by atoms with E-state index in [1.54, 1.807) is 0 Å². The molecule has 0 aromatic carbocycles. The molecule has 7 heteroatoms. The van der Waals surface area contributed by atoms with Gasteiger partial charge in [0.2, 0.25) is 0 Å². The third kappa shape index (κ3) is 5.55. The first-order valence-corrected chi connectivity index (χ1v) is 4.87. The van der Waals surface area contributed by atoms with Crippen molar-refractivity contribution in [2.75, 3.05) is 0 Å². The van der Waals surface area contributed by atoms with E-state index in [-0.39, 0.29) is 0 Å². The summed E-state index contributed by atoms with van der Waals surface area (Å²) in [4.78, 5) is 9.43. The van der Waals surface area contributed by atoms with Gasteiger partial charge in [0.25, 0.3) is 0 Å². The molecule has 48 valence electrons. The van der Waals surface area contributed by atoms with E-state index in [4.69, 9.17) is 13.3 Å². The summed E-state index contributed by atoms with van der Waals surface area (Å²) >= 11 is -5.11. The monoisotopic (exact) mass is 185 g/mol. The molecule has 0 aromatic heterocycles. The molecule has 0 atom stereocenters. The Hall–Kier alpha value is -0.452. The molecule has 0 aliphatic rings. The Bertz CT molecular complexity index is 135. The first-order valence-electron chi connectivity index (χ1n) is 1.48. The Morgan fingerprint density at radius 1 is 1.50 bits per heavy atom. The molecule has 0 rings (SSSR count). The summed E-state index contributed by atoms with van der Waals surface area (Å²) < 4.78 is 26.5. The minimum absolute atomic E-state index is 1.03. The van der Waals surface area contributed by atoms with E-state index in [1.165, 1.54) is 0 Å². The van der Waals surface area contributed by atoms with Crippen LogP contribution in [0, 0.1) is 0 Å². The fourth-order valence-electron chi connectivity index (χ4n) is 0.125. The Morgan fingerprint density at radius 2 is 1.88 bits per heavy atom. The number of carbonyl (C=O) groups is 1. The Morgan fingerprint density at radius 3 is 1.88 bits per heavy atom. The molecule has 0 heterocycles. The minimum atomic E-state index is -5.11. The van der Waals surface area contributed by atoms with Crippen LogP contribution in [0.2, 0.25) is 0 Å². The molecule has 0 aliphatic carbocycles. The van der Waals surface area contributed by atoms with E-state index < -0.39 is 20.5 Å². The quantitative estimate of drug-likeness (QED) is 0.357. The van der Waals surface area contributed by atoms with Gasteiger partial charge in [-0.25, -0.2) is 0 Å². The van der Waals surface area contributed by atoms with Crippen molar-refractivity contribution in [2.45, 2.75) is 0 Å². The van der Waals surface area contributed by atoms with Crippen molar-refractivity contribution in [2.24, 2.45) is 0 Å². The van der Waals surface area contributed by atoms with Crippen molar-refractivity contribution in [3.63, 3.8) is 0 Å². The maximum atomic E-state index is 9.70. The molecule has 1 amide bonds. The third-order valence-electron chi connectivity index (χ3n) is 0.241. The number of hydrogen-bond acceptors (Lipinski definition) is 2.